The molecule has 4 heteroatoms. The molecule has 0 radical (unpaired) electrons. The summed E-state index contributed by atoms with van der Waals surface area (Å²) in [6, 6.07) is 7.90. The van der Waals surface area contributed by atoms with Crippen LogP contribution in [-0.2, 0) is 16.1 Å². The molecular formula is C16H22ClNO2. The molecule has 0 aromatic heterocycles. The van der Waals surface area contributed by atoms with E-state index in [2.05, 4.69) is 11.0 Å². The zero-order valence-electron chi connectivity index (χ0n) is 12.1. The predicted octanol–water partition coefficient (Wildman–Crippen LogP) is 3.50. The van der Waals surface area contributed by atoms with Gasteiger partial charge in [0.05, 0.1) is 12.0 Å². The van der Waals surface area contributed by atoms with Gasteiger partial charge in [0.2, 0.25) is 0 Å². The number of halogens is 1. The fourth-order valence-corrected chi connectivity index (χ4v) is 2.83. The summed E-state index contributed by atoms with van der Waals surface area (Å²) in [7, 11) is 0. The van der Waals surface area contributed by atoms with Crippen LogP contribution in [0.4, 0.5) is 0 Å². The molecule has 1 unspecified atom stereocenters. The van der Waals surface area contributed by atoms with Crippen LogP contribution in [0, 0.1) is 5.92 Å². The van der Waals surface area contributed by atoms with Gasteiger partial charge in [-0.3, -0.25) is 9.69 Å². The lowest BCUT2D eigenvalue weighted by atomic mass is 9.97. The molecule has 1 saturated heterocycles. The lowest BCUT2D eigenvalue weighted by Crippen LogP contribution is -2.39. The molecule has 1 heterocycles. The zero-order valence-corrected chi connectivity index (χ0v) is 12.9. The number of nitrogens with zero attached hydrogens (tertiary/aromatic N) is 1. The minimum atomic E-state index is -0.0594. The maximum atomic E-state index is 12.0. The number of piperidine rings is 1. The van der Waals surface area contributed by atoms with Gasteiger partial charge in [-0.2, -0.15) is 0 Å². The number of hydrogen-bond donors (Lipinski definition) is 0. The Labute approximate surface area is 125 Å². The second-order valence-corrected chi connectivity index (χ2v) is 6.13. The van der Waals surface area contributed by atoms with E-state index in [-0.39, 0.29) is 18.0 Å². The van der Waals surface area contributed by atoms with Crippen LogP contribution >= 0.6 is 11.6 Å². The van der Waals surface area contributed by atoms with Crippen LogP contribution in [0.3, 0.4) is 0 Å². The highest BCUT2D eigenvalue weighted by molar-refractivity contribution is 6.30. The minimum Gasteiger partial charge on any atom is -0.463 e. The van der Waals surface area contributed by atoms with Crippen LogP contribution in [0.2, 0.25) is 5.02 Å². The maximum absolute atomic E-state index is 12.0. The SMILES string of the molecule is CC(C)OC(=O)C1CCCN(Cc2cccc(Cl)c2)C1. The van der Waals surface area contributed by atoms with E-state index in [1.807, 2.05) is 32.0 Å². The Bertz CT molecular complexity index is 462. The van der Waals surface area contributed by atoms with Crippen molar-refractivity contribution in [3.63, 3.8) is 0 Å². The second-order valence-electron chi connectivity index (χ2n) is 5.69. The Morgan fingerprint density at radius 3 is 3.00 bits per heavy atom. The minimum absolute atomic E-state index is 0.00494. The number of ether oxygens (including phenoxy) is 1. The molecule has 1 aliphatic rings. The third-order valence-electron chi connectivity index (χ3n) is 3.49. The number of benzene rings is 1. The van der Waals surface area contributed by atoms with Crippen molar-refractivity contribution in [1.82, 2.24) is 4.90 Å². The van der Waals surface area contributed by atoms with E-state index in [1.54, 1.807) is 0 Å². The highest BCUT2D eigenvalue weighted by Gasteiger charge is 2.27. The van der Waals surface area contributed by atoms with E-state index in [0.29, 0.717) is 0 Å². The molecule has 1 fully saturated rings. The van der Waals surface area contributed by atoms with Crippen LogP contribution < -0.4 is 0 Å². The van der Waals surface area contributed by atoms with Crippen molar-refractivity contribution < 1.29 is 9.53 Å². The average molecular weight is 296 g/mol. The van der Waals surface area contributed by atoms with E-state index < -0.39 is 0 Å². The van der Waals surface area contributed by atoms with E-state index in [4.69, 9.17) is 16.3 Å². The first-order valence-corrected chi connectivity index (χ1v) is 7.59. The maximum Gasteiger partial charge on any atom is 0.310 e. The largest absolute Gasteiger partial charge is 0.463 e. The van der Waals surface area contributed by atoms with Gasteiger partial charge in [-0.25, -0.2) is 0 Å². The van der Waals surface area contributed by atoms with Gasteiger partial charge >= 0.3 is 5.97 Å². The van der Waals surface area contributed by atoms with E-state index in [1.165, 1.54) is 5.56 Å². The average Bonchev–Trinajstić information content (AvgIpc) is 2.38. The number of carbonyl (C=O) groups excluding carboxylic acids is 1. The molecule has 3 nitrogen and oxygen atoms in total. The molecule has 0 aliphatic carbocycles. The number of rotatable bonds is 4. The molecule has 20 heavy (non-hydrogen) atoms. The van der Waals surface area contributed by atoms with E-state index in [9.17, 15) is 4.79 Å². The van der Waals surface area contributed by atoms with Crippen molar-refractivity contribution in [3.8, 4) is 0 Å². The number of hydrogen-bond acceptors (Lipinski definition) is 3. The third kappa shape index (κ3) is 4.50. The lowest BCUT2D eigenvalue weighted by molar-refractivity contribution is -0.154. The fourth-order valence-electron chi connectivity index (χ4n) is 2.61. The quantitative estimate of drug-likeness (QED) is 0.796. The lowest BCUT2D eigenvalue weighted by Gasteiger charge is -2.31. The molecule has 2 rings (SSSR count). The molecule has 0 amide bonds. The summed E-state index contributed by atoms with van der Waals surface area (Å²) in [5, 5.41) is 0.760. The highest BCUT2D eigenvalue weighted by atomic mass is 35.5. The molecule has 0 N–H and O–H groups in total. The topological polar surface area (TPSA) is 29.5 Å². The Kier molecular flexibility index (Phi) is 5.44. The molecular weight excluding hydrogens is 274 g/mol. The molecule has 110 valence electrons. The van der Waals surface area contributed by atoms with Gasteiger partial charge in [-0.05, 0) is 50.9 Å². The van der Waals surface area contributed by atoms with Crippen molar-refractivity contribution in [2.24, 2.45) is 5.92 Å². The van der Waals surface area contributed by atoms with Crippen molar-refractivity contribution in [2.45, 2.75) is 39.3 Å². The Balaban J connectivity index is 1.92. The molecule has 1 aliphatic heterocycles. The van der Waals surface area contributed by atoms with Crippen molar-refractivity contribution in [1.29, 1.82) is 0 Å². The van der Waals surface area contributed by atoms with Crippen LogP contribution in [0.1, 0.15) is 32.3 Å². The predicted molar refractivity (Wildman–Crippen MR) is 80.7 cm³/mol. The van der Waals surface area contributed by atoms with Gasteiger partial charge in [0.25, 0.3) is 0 Å². The first-order valence-electron chi connectivity index (χ1n) is 7.22. The molecule has 1 atom stereocenters. The highest BCUT2D eigenvalue weighted by Crippen LogP contribution is 2.21. The van der Waals surface area contributed by atoms with Crippen molar-refractivity contribution in [3.05, 3.63) is 34.9 Å². The molecule has 0 bridgehead atoms. The van der Waals surface area contributed by atoms with Crippen molar-refractivity contribution in [2.75, 3.05) is 13.1 Å². The van der Waals surface area contributed by atoms with E-state index in [0.717, 1.165) is 37.5 Å². The Morgan fingerprint density at radius 1 is 1.50 bits per heavy atom. The first-order chi connectivity index (χ1) is 9.54. The fraction of sp³-hybridized carbons (Fsp3) is 0.562. The Morgan fingerprint density at radius 2 is 2.30 bits per heavy atom. The summed E-state index contributed by atoms with van der Waals surface area (Å²) in [6.45, 7) is 6.43. The molecule has 1 aromatic carbocycles. The van der Waals surface area contributed by atoms with Crippen LogP contribution in [0.15, 0.2) is 24.3 Å². The van der Waals surface area contributed by atoms with Crippen LogP contribution in [0.5, 0.6) is 0 Å². The third-order valence-corrected chi connectivity index (χ3v) is 3.72. The standard InChI is InChI=1S/C16H22ClNO2/c1-12(2)20-16(19)14-6-4-8-18(11-14)10-13-5-3-7-15(17)9-13/h3,5,7,9,12,14H,4,6,8,10-11H2,1-2H3. The summed E-state index contributed by atoms with van der Waals surface area (Å²) in [4.78, 5) is 14.3. The zero-order chi connectivity index (χ0) is 14.5. The summed E-state index contributed by atoms with van der Waals surface area (Å²) in [5.74, 6) is -0.0545. The molecule has 0 saturated carbocycles. The van der Waals surface area contributed by atoms with Gasteiger partial charge in [0.15, 0.2) is 0 Å². The smallest absolute Gasteiger partial charge is 0.310 e. The second kappa shape index (κ2) is 7.09. The monoisotopic (exact) mass is 295 g/mol. The van der Waals surface area contributed by atoms with Crippen LogP contribution in [0.25, 0.3) is 0 Å². The van der Waals surface area contributed by atoms with E-state index >= 15 is 0 Å². The number of esters is 1. The van der Waals surface area contributed by atoms with Crippen molar-refractivity contribution >= 4 is 17.6 Å². The van der Waals surface area contributed by atoms with Gasteiger partial charge < -0.3 is 4.74 Å². The van der Waals surface area contributed by atoms with Gasteiger partial charge in [0, 0.05) is 18.1 Å². The first kappa shape index (κ1) is 15.3. The van der Waals surface area contributed by atoms with Gasteiger partial charge in [0.1, 0.15) is 0 Å². The van der Waals surface area contributed by atoms with Crippen LogP contribution in [-0.4, -0.2) is 30.1 Å². The summed E-state index contributed by atoms with van der Waals surface area (Å²) in [5.41, 5.74) is 1.19. The normalized spacial score (nSPS) is 20.1. The summed E-state index contributed by atoms with van der Waals surface area (Å²) >= 11 is 6.01. The molecule has 1 aromatic rings. The Hall–Kier alpha value is -1.06. The van der Waals surface area contributed by atoms with Gasteiger partial charge in [-0.15, -0.1) is 0 Å². The summed E-state index contributed by atoms with van der Waals surface area (Å²) in [6.07, 6.45) is 1.93. The number of carbonyl (C=O) groups is 1. The summed E-state index contributed by atoms with van der Waals surface area (Å²) < 4.78 is 5.32. The number of likely N-dealkylation sites (tertiary alicyclic amines) is 1. The molecule has 0 spiro atoms. The van der Waals surface area contributed by atoms with Gasteiger partial charge in [-0.1, -0.05) is 23.7 Å².